The molecule has 90 valence electrons. The van der Waals surface area contributed by atoms with Crippen molar-refractivity contribution >= 4 is 11.9 Å². The molecule has 1 spiro atoms. The van der Waals surface area contributed by atoms with Gasteiger partial charge >= 0.3 is 11.9 Å². The van der Waals surface area contributed by atoms with Crippen LogP contribution < -0.4 is 0 Å². The first-order valence-electron chi connectivity index (χ1n) is 5.16. The van der Waals surface area contributed by atoms with Crippen LogP contribution in [0.15, 0.2) is 0 Å². The van der Waals surface area contributed by atoms with Crippen molar-refractivity contribution in [2.45, 2.75) is 18.6 Å². The van der Waals surface area contributed by atoms with Crippen LogP contribution in [0.2, 0.25) is 0 Å². The number of hydrogen-bond acceptors (Lipinski definition) is 5. The number of carboxylic acid groups (broad SMARTS) is 1. The molecule has 0 aromatic heterocycles. The predicted octanol–water partition coefficient (Wildman–Crippen LogP) is 0.0133. The Kier molecular flexibility index (Phi) is 2.86. The predicted molar refractivity (Wildman–Crippen MR) is 50.5 cm³/mol. The minimum atomic E-state index is -1.01. The van der Waals surface area contributed by atoms with E-state index in [-0.39, 0.29) is 12.8 Å². The van der Waals surface area contributed by atoms with E-state index in [0.29, 0.717) is 13.2 Å². The lowest BCUT2D eigenvalue weighted by molar-refractivity contribution is -0.162. The van der Waals surface area contributed by atoms with Gasteiger partial charge in [0.25, 0.3) is 0 Å². The zero-order valence-corrected chi connectivity index (χ0v) is 8.97. The van der Waals surface area contributed by atoms with Gasteiger partial charge in [0.2, 0.25) is 0 Å². The zero-order valence-electron chi connectivity index (χ0n) is 8.97. The van der Waals surface area contributed by atoms with Crippen LogP contribution in [0.5, 0.6) is 0 Å². The van der Waals surface area contributed by atoms with E-state index >= 15 is 0 Å². The van der Waals surface area contributed by atoms with Crippen LogP contribution in [0.3, 0.4) is 0 Å². The lowest BCUT2D eigenvalue weighted by Gasteiger charge is -2.20. The Balaban J connectivity index is 2.17. The summed E-state index contributed by atoms with van der Waals surface area (Å²) < 4.78 is 15.4. The number of methoxy groups -OCH3 is 1. The van der Waals surface area contributed by atoms with Gasteiger partial charge in [-0.1, -0.05) is 0 Å². The summed E-state index contributed by atoms with van der Waals surface area (Å²) in [7, 11) is 1.25. The molecule has 2 fully saturated rings. The molecule has 1 saturated carbocycles. The van der Waals surface area contributed by atoms with E-state index in [1.54, 1.807) is 0 Å². The van der Waals surface area contributed by atoms with Gasteiger partial charge in [0.15, 0.2) is 5.79 Å². The molecule has 2 atom stereocenters. The van der Waals surface area contributed by atoms with Gasteiger partial charge in [-0.25, -0.2) is 0 Å². The maximum atomic E-state index is 11.5. The number of esters is 1. The van der Waals surface area contributed by atoms with Crippen LogP contribution in [-0.4, -0.2) is 43.2 Å². The Morgan fingerprint density at radius 1 is 1.25 bits per heavy atom. The van der Waals surface area contributed by atoms with E-state index in [1.807, 2.05) is 0 Å². The number of aliphatic carboxylic acids is 1. The number of carboxylic acids is 1. The highest BCUT2D eigenvalue weighted by molar-refractivity contribution is 5.82. The number of ether oxygens (including phenoxy) is 3. The van der Waals surface area contributed by atoms with Crippen molar-refractivity contribution in [3.8, 4) is 0 Å². The summed E-state index contributed by atoms with van der Waals surface area (Å²) in [5.41, 5.74) is 0. The molecule has 6 nitrogen and oxygen atoms in total. The monoisotopic (exact) mass is 230 g/mol. The quantitative estimate of drug-likeness (QED) is 0.673. The Hall–Kier alpha value is -1.14. The molecule has 1 aliphatic carbocycles. The molecule has 1 unspecified atom stereocenters. The van der Waals surface area contributed by atoms with E-state index < -0.39 is 29.6 Å². The summed E-state index contributed by atoms with van der Waals surface area (Å²) in [5, 5.41) is 9.05. The highest BCUT2D eigenvalue weighted by Crippen LogP contribution is 2.45. The van der Waals surface area contributed by atoms with E-state index in [0.717, 1.165) is 0 Å². The van der Waals surface area contributed by atoms with Crippen molar-refractivity contribution in [1.29, 1.82) is 0 Å². The second-order valence-corrected chi connectivity index (χ2v) is 4.09. The molecule has 1 N–H and O–H groups in total. The van der Waals surface area contributed by atoms with Crippen LogP contribution in [0.25, 0.3) is 0 Å². The van der Waals surface area contributed by atoms with Gasteiger partial charge in [0.1, 0.15) is 0 Å². The molecule has 2 rings (SSSR count). The maximum Gasteiger partial charge on any atom is 0.309 e. The number of carbonyl (C=O) groups is 2. The minimum Gasteiger partial charge on any atom is -0.481 e. The molecule has 1 aliphatic heterocycles. The third kappa shape index (κ3) is 1.78. The summed E-state index contributed by atoms with van der Waals surface area (Å²) in [6.45, 7) is 0.889. The van der Waals surface area contributed by atoms with E-state index in [2.05, 4.69) is 4.74 Å². The molecular weight excluding hydrogens is 216 g/mol. The lowest BCUT2D eigenvalue weighted by Crippen LogP contribution is -2.27. The summed E-state index contributed by atoms with van der Waals surface area (Å²) in [4.78, 5) is 22.5. The first kappa shape index (κ1) is 11.3. The maximum absolute atomic E-state index is 11.5. The average Bonchev–Trinajstić information content (AvgIpc) is 2.86. The SMILES string of the molecule is COC(=O)C1CC2(C[C@H]1C(=O)O)OCCO2. The second-order valence-electron chi connectivity index (χ2n) is 4.09. The van der Waals surface area contributed by atoms with E-state index in [9.17, 15) is 9.59 Å². The standard InChI is InChI=1S/C10H14O6/c1-14-9(13)7-5-10(15-2-3-16-10)4-6(7)8(11)12/h6-7H,2-5H2,1H3,(H,11,12)/t6-,7?/m1/s1. The lowest BCUT2D eigenvalue weighted by atomic mass is 9.97. The van der Waals surface area contributed by atoms with Gasteiger partial charge in [-0.05, 0) is 0 Å². The minimum absolute atomic E-state index is 0.210. The third-order valence-electron chi connectivity index (χ3n) is 3.18. The number of hydrogen-bond donors (Lipinski definition) is 1. The third-order valence-corrected chi connectivity index (χ3v) is 3.18. The average molecular weight is 230 g/mol. The fourth-order valence-corrected chi connectivity index (χ4v) is 2.43. The summed E-state index contributed by atoms with van der Waals surface area (Å²) in [6, 6.07) is 0. The topological polar surface area (TPSA) is 82.1 Å². The fraction of sp³-hybridized carbons (Fsp3) is 0.800. The van der Waals surface area contributed by atoms with Crippen molar-refractivity contribution in [3.63, 3.8) is 0 Å². The van der Waals surface area contributed by atoms with Crippen LogP contribution in [0.4, 0.5) is 0 Å². The Bertz CT molecular complexity index is 306. The van der Waals surface area contributed by atoms with Crippen LogP contribution in [0, 0.1) is 11.8 Å². The molecule has 0 amide bonds. The Morgan fingerprint density at radius 3 is 2.31 bits per heavy atom. The van der Waals surface area contributed by atoms with Gasteiger partial charge in [-0.15, -0.1) is 0 Å². The molecule has 0 aromatic carbocycles. The van der Waals surface area contributed by atoms with E-state index in [4.69, 9.17) is 14.6 Å². The summed E-state index contributed by atoms with van der Waals surface area (Å²) in [5.74, 6) is -3.87. The second kappa shape index (κ2) is 4.03. The van der Waals surface area contributed by atoms with Crippen LogP contribution >= 0.6 is 0 Å². The van der Waals surface area contributed by atoms with Crippen molar-refractivity contribution < 1.29 is 28.9 Å². The van der Waals surface area contributed by atoms with Gasteiger partial charge in [-0.3, -0.25) is 9.59 Å². The number of rotatable bonds is 2. The molecule has 1 heterocycles. The smallest absolute Gasteiger partial charge is 0.309 e. The molecule has 0 radical (unpaired) electrons. The Morgan fingerprint density at radius 2 is 1.81 bits per heavy atom. The molecular formula is C10H14O6. The largest absolute Gasteiger partial charge is 0.481 e. The van der Waals surface area contributed by atoms with Crippen molar-refractivity contribution in [3.05, 3.63) is 0 Å². The molecule has 0 bridgehead atoms. The van der Waals surface area contributed by atoms with Crippen LogP contribution in [-0.2, 0) is 23.8 Å². The highest BCUT2D eigenvalue weighted by atomic mass is 16.7. The molecule has 0 aromatic rings. The summed E-state index contributed by atoms with van der Waals surface area (Å²) in [6.07, 6.45) is 0.471. The summed E-state index contributed by atoms with van der Waals surface area (Å²) >= 11 is 0. The van der Waals surface area contributed by atoms with Crippen molar-refractivity contribution in [2.75, 3.05) is 20.3 Å². The highest BCUT2D eigenvalue weighted by Gasteiger charge is 2.54. The van der Waals surface area contributed by atoms with Gasteiger partial charge in [-0.2, -0.15) is 0 Å². The van der Waals surface area contributed by atoms with Crippen LogP contribution in [0.1, 0.15) is 12.8 Å². The Labute approximate surface area is 92.5 Å². The first-order valence-corrected chi connectivity index (χ1v) is 5.16. The van der Waals surface area contributed by atoms with E-state index in [1.165, 1.54) is 7.11 Å². The molecule has 2 aliphatic rings. The van der Waals surface area contributed by atoms with Gasteiger partial charge < -0.3 is 19.3 Å². The zero-order chi connectivity index (χ0) is 11.8. The molecule has 1 saturated heterocycles. The normalized spacial score (nSPS) is 31.8. The van der Waals surface area contributed by atoms with Gasteiger partial charge in [0.05, 0.1) is 32.2 Å². The molecule has 16 heavy (non-hydrogen) atoms. The van der Waals surface area contributed by atoms with Gasteiger partial charge in [0, 0.05) is 12.8 Å². The van der Waals surface area contributed by atoms with Crippen molar-refractivity contribution in [1.82, 2.24) is 0 Å². The number of carbonyl (C=O) groups excluding carboxylic acids is 1. The molecule has 6 heteroatoms. The van der Waals surface area contributed by atoms with Crippen molar-refractivity contribution in [2.24, 2.45) is 11.8 Å². The fourth-order valence-electron chi connectivity index (χ4n) is 2.43. The first-order chi connectivity index (χ1) is 7.58.